The SMILES string of the molecule is [B]C([B])(Cl)c1cn2ccccc2n1. The number of halogens is 1. The third kappa shape index (κ3) is 1.59. The Hall–Kier alpha value is -0.890. The fourth-order valence-electron chi connectivity index (χ4n) is 1.12. The molecule has 0 amide bonds. The minimum Gasteiger partial charge on any atom is -0.307 e. The first-order valence-corrected chi connectivity index (χ1v) is 4.16. The smallest absolute Gasteiger partial charge is 0.136 e. The first-order chi connectivity index (χ1) is 6.07. The van der Waals surface area contributed by atoms with Crippen molar-refractivity contribution in [3.05, 3.63) is 36.3 Å². The Morgan fingerprint density at radius 2 is 2.15 bits per heavy atom. The van der Waals surface area contributed by atoms with E-state index >= 15 is 0 Å². The largest absolute Gasteiger partial charge is 0.307 e. The van der Waals surface area contributed by atoms with Gasteiger partial charge in [-0.1, -0.05) is 6.07 Å². The number of hydrogen-bond acceptors (Lipinski definition) is 1. The van der Waals surface area contributed by atoms with Crippen LogP contribution < -0.4 is 0 Å². The molecular formula is C8H5B2ClN2. The van der Waals surface area contributed by atoms with E-state index in [0.29, 0.717) is 5.69 Å². The van der Waals surface area contributed by atoms with Crippen LogP contribution in [0.5, 0.6) is 0 Å². The molecule has 5 heteroatoms. The summed E-state index contributed by atoms with van der Waals surface area (Å²) in [5, 5.41) is 0. The summed E-state index contributed by atoms with van der Waals surface area (Å²) >= 11 is 5.71. The third-order valence-corrected chi connectivity index (χ3v) is 1.95. The lowest BCUT2D eigenvalue weighted by Gasteiger charge is -2.11. The van der Waals surface area contributed by atoms with Gasteiger partial charge in [-0.15, -0.1) is 11.6 Å². The number of pyridine rings is 1. The summed E-state index contributed by atoms with van der Waals surface area (Å²) in [6, 6.07) is 5.63. The second-order valence-corrected chi connectivity index (χ2v) is 3.49. The molecule has 0 unspecified atom stereocenters. The van der Waals surface area contributed by atoms with Crippen LogP contribution >= 0.6 is 11.6 Å². The van der Waals surface area contributed by atoms with Gasteiger partial charge in [0.05, 0.1) is 21.4 Å². The Kier molecular flexibility index (Phi) is 1.88. The van der Waals surface area contributed by atoms with Crippen LogP contribution in [-0.2, 0) is 4.67 Å². The lowest BCUT2D eigenvalue weighted by Crippen LogP contribution is -2.18. The normalized spacial score (nSPS) is 12.1. The third-order valence-electron chi connectivity index (χ3n) is 1.76. The van der Waals surface area contributed by atoms with Crippen LogP contribution in [0.3, 0.4) is 0 Å². The molecule has 0 N–H and O–H groups in total. The van der Waals surface area contributed by atoms with Crippen molar-refractivity contribution in [2.24, 2.45) is 0 Å². The van der Waals surface area contributed by atoms with Gasteiger partial charge in [0, 0.05) is 17.1 Å². The molecule has 0 atom stereocenters. The van der Waals surface area contributed by atoms with Crippen molar-refractivity contribution >= 4 is 32.9 Å². The Morgan fingerprint density at radius 1 is 1.38 bits per heavy atom. The molecule has 0 aliphatic carbocycles. The zero-order valence-corrected chi connectivity index (χ0v) is 7.57. The van der Waals surface area contributed by atoms with Gasteiger partial charge >= 0.3 is 0 Å². The van der Waals surface area contributed by atoms with Gasteiger partial charge in [0.15, 0.2) is 0 Å². The van der Waals surface area contributed by atoms with Gasteiger partial charge in [0.1, 0.15) is 5.65 Å². The van der Waals surface area contributed by atoms with E-state index in [1.807, 2.05) is 28.8 Å². The van der Waals surface area contributed by atoms with Gasteiger partial charge in [0.25, 0.3) is 0 Å². The van der Waals surface area contributed by atoms with E-state index in [4.69, 9.17) is 27.3 Å². The van der Waals surface area contributed by atoms with E-state index in [2.05, 4.69) is 4.98 Å². The minimum absolute atomic E-state index is 0.459. The summed E-state index contributed by atoms with van der Waals surface area (Å²) in [4.78, 5) is 4.16. The maximum Gasteiger partial charge on any atom is 0.136 e. The lowest BCUT2D eigenvalue weighted by molar-refractivity contribution is 1.13. The predicted molar refractivity (Wildman–Crippen MR) is 54.2 cm³/mol. The van der Waals surface area contributed by atoms with Gasteiger partial charge in [-0.25, -0.2) is 4.98 Å². The fraction of sp³-hybridized carbons (Fsp3) is 0.125. The maximum atomic E-state index is 5.71. The first-order valence-electron chi connectivity index (χ1n) is 3.78. The van der Waals surface area contributed by atoms with Gasteiger partial charge in [-0.05, 0) is 12.1 Å². The van der Waals surface area contributed by atoms with Crippen LogP contribution in [0.25, 0.3) is 5.65 Å². The summed E-state index contributed by atoms with van der Waals surface area (Å²) in [5.41, 5.74) is 1.23. The van der Waals surface area contributed by atoms with Crippen molar-refractivity contribution in [1.29, 1.82) is 0 Å². The highest BCUT2D eigenvalue weighted by Gasteiger charge is 2.18. The van der Waals surface area contributed by atoms with E-state index in [-0.39, 0.29) is 0 Å². The summed E-state index contributed by atoms with van der Waals surface area (Å²) in [7, 11) is 11.0. The number of rotatable bonds is 1. The van der Waals surface area contributed by atoms with Crippen molar-refractivity contribution in [3.8, 4) is 0 Å². The van der Waals surface area contributed by atoms with Crippen molar-refractivity contribution < 1.29 is 0 Å². The molecule has 4 radical (unpaired) electrons. The monoisotopic (exact) mass is 186 g/mol. The number of imidazole rings is 1. The molecule has 2 rings (SSSR count). The molecule has 2 heterocycles. The molecule has 0 aliphatic heterocycles. The molecule has 0 spiro atoms. The predicted octanol–water partition coefficient (Wildman–Crippen LogP) is 1.02. The zero-order chi connectivity index (χ0) is 9.47. The van der Waals surface area contributed by atoms with Crippen molar-refractivity contribution in [2.45, 2.75) is 4.67 Å². The maximum absolute atomic E-state index is 5.71. The summed E-state index contributed by atoms with van der Waals surface area (Å²) in [6.07, 6.45) is 3.57. The van der Waals surface area contributed by atoms with Crippen molar-refractivity contribution in [2.75, 3.05) is 0 Å². The van der Waals surface area contributed by atoms with Gasteiger partial charge in [-0.3, -0.25) is 0 Å². The van der Waals surface area contributed by atoms with Gasteiger partial charge in [0.2, 0.25) is 0 Å². The minimum atomic E-state index is -1.40. The number of aromatic nitrogens is 2. The molecule has 2 aromatic heterocycles. The van der Waals surface area contributed by atoms with Crippen LogP contribution in [0.15, 0.2) is 30.6 Å². The Morgan fingerprint density at radius 3 is 2.77 bits per heavy atom. The van der Waals surface area contributed by atoms with E-state index in [9.17, 15) is 0 Å². The molecular weight excluding hydrogens is 181 g/mol. The molecule has 0 aliphatic rings. The second-order valence-electron chi connectivity index (χ2n) is 2.86. The number of nitrogens with zero attached hydrogens (tertiary/aromatic N) is 2. The topological polar surface area (TPSA) is 17.3 Å². The highest BCUT2D eigenvalue weighted by atomic mass is 35.5. The van der Waals surface area contributed by atoms with E-state index in [0.717, 1.165) is 5.65 Å². The van der Waals surface area contributed by atoms with Crippen LogP contribution in [0, 0.1) is 0 Å². The highest BCUT2D eigenvalue weighted by molar-refractivity contribution is 6.61. The van der Waals surface area contributed by atoms with Gasteiger partial charge < -0.3 is 4.40 Å². The summed E-state index contributed by atoms with van der Waals surface area (Å²) in [5.74, 6) is 0. The lowest BCUT2D eigenvalue weighted by atomic mass is 9.68. The van der Waals surface area contributed by atoms with Crippen LogP contribution in [-0.4, -0.2) is 25.1 Å². The van der Waals surface area contributed by atoms with Crippen LogP contribution in [0.4, 0.5) is 0 Å². The van der Waals surface area contributed by atoms with Crippen LogP contribution in [0.2, 0.25) is 0 Å². The molecule has 0 fully saturated rings. The standard InChI is InChI=1S/C8H5B2ClN2/c9-8(10,11)6-5-13-4-2-1-3-7(13)12-6/h1-5H. The first kappa shape index (κ1) is 8.70. The fourth-order valence-corrected chi connectivity index (χ4v) is 1.21. The quantitative estimate of drug-likeness (QED) is 0.480. The number of fused-ring (bicyclic) bond motifs is 1. The van der Waals surface area contributed by atoms with Crippen molar-refractivity contribution in [1.82, 2.24) is 9.38 Å². The van der Waals surface area contributed by atoms with E-state index in [1.54, 1.807) is 6.20 Å². The van der Waals surface area contributed by atoms with Crippen molar-refractivity contribution in [3.63, 3.8) is 0 Å². The number of hydrogen-bond donors (Lipinski definition) is 0. The molecule has 0 aromatic carbocycles. The molecule has 60 valence electrons. The van der Waals surface area contributed by atoms with E-state index in [1.165, 1.54) is 0 Å². The van der Waals surface area contributed by atoms with Gasteiger partial charge in [-0.2, -0.15) is 0 Å². The molecule has 13 heavy (non-hydrogen) atoms. The average Bonchev–Trinajstić information content (AvgIpc) is 2.45. The Labute approximate surface area is 83.7 Å². The second kappa shape index (κ2) is 2.81. The molecule has 2 nitrogen and oxygen atoms in total. The highest BCUT2D eigenvalue weighted by Crippen LogP contribution is 2.20. The Balaban J connectivity index is 2.63. The molecule has 0 saturated carbocycles. The van der Waals surface area contributed by atoms with Crippen LogP contribution in [0.1, 0.15) is 5.69 Å². The number of alkyl halides is 1. The Bertz CT molecular complexity index is 400. The summed E-state index contributed by atoms with van der Waals surface area (Å²) in [6.45, 7) is 0. The molecule has 2 aromatic rings. The average molecular weight is 186 g/mol. The molecule has 0 bridgehead atoms. The summed E-state index contributed by atoms with van der Waals surface area (Å²) < 4.78 is 0.415. The zero-order valence-electron chi connectivity index (χ0n) is 6.81. The van der Waals surface area contributed by atoms with E-state index < -0.39 is 4.67 Å². The molecule has 0 saturated heterocycles.